The molecule has 3 rings (SSSR count). The van der Waals surface area contributed by atoms with Gasteiger partial charge in [-0.3, -0.25) is 0 Å². The van der Waals surface area contributed by atoms with E-state index >= 15 is 0 Å². The summed E-state index contributed by atoms with van der Waals surface area (Å²) in [5, 5.41) is 20.5. The second-order valence-corrected chi connectivity index (χ2v) is 8.31. The number of hydrogen-bond donors (Lipinski definition) is 2. The normalized spacial score (nSPS) is 36.3. The summed E-state index contributed by atoms with van der Waals surface area (Å²) in [6, 6.07) is 5.83. The minimum Gasteiger partial charge on any atom is -0.390 e. The third-order valence-corrected chi connectivity index (χ3v) is 7.23. The molecule has 2 aliphatic rings. The average molecular weight is 376 g/mol. The Bertz CT molecular complexity index is 631. The highest BCUT2D eigenvalue weighted by molar-refractivity contribution is 9.09. The standard InChI is InChI=1S/C14H18BrNO4S/c1-8-2-4-9(5-3-8)21(19,20)16-11-6-10(12(16)7-15)13(17)14(11)18/h2-5,10-14,17-18H,6-7H2,1H3. The van der Waals surface area contributed by atoms with Crippen LogP contribution in [0.1, 0.15) is 12.0 Å². The van der Waals surface area contributed by atoms with E-state index in [1.54, 1.807) is 24.3 Å². The van der Waals surface area contributed by atoms with Crippen LogP contribution in [0.4, 0.5) is 0 Å². The molecule has 2 N–H and O–H groups in total. The Kier molecular flexibility index (Phi) is 3.90. The molecule has 5 atom stereocenters. The molecule has 0 radical (unpaired) electrons. The summed E-state index contributed by atoms with van der Waals surface area (Å²) in [5.41, 5.74) is 0.990. The van der Waals surface area contributed by atoms with Crippen molar-refractivity contribution in [2.75, 3.05) is 5.33 Å². The summed E-state index contributed by atoms with van der Waals surface area (Å²) in [5.74, 6) is -0.218. The highest BCUT2D eigenvalue weighted by Crippen LogP contribution is 2.46. The Morgan fingerprint density at radius 2 is 1.86 bits per heavy atom. The second kappa shape index (κ2) is 5.31. The van der Waals surface area contributed by atoms with E-state index in [1.165, 1.54) is 4.31 Å². The van der Waals surface area contributed by atoms with Gasteiger partial charge >= 0.3 is 0 Å². The fraction of sp³-hybridized carbons (Fsp3) is 0.571. The van der Waals surface area contributed by atoms with Gasteiger partial charge in [0, 0.05) is 17.3 Å². The number of alkyl halides is 1. The molecule has 5 nitrogen and oxygen atoms in total. The van der Waals surface area contributed by atoms with Gasteiger partial charge < -0.3 is 10.2 Å². The van der Waals surface area contributed by atoms with E-state index < -0.39 is 28.3 Å². The molecular weight excluding hydrogens is 358 g/mol. The quantitative estimate of drug-likeness (QED) is 0.768. The predicted molar refractivity (Wildman–Crippen MR) is 81.7 cm³/mol. The van der Waals surface area contributed by atoms with Gasteiger partial charge in [0.15, 0.2) is 0 Å². The Hall–Kier alpha value is -0.470. The molecule has 1 aliphatic carbocycles. The zero-order chi connectivity index (χ0) is 15.4. The van der Waals surface area contributed by atoms with Crippen molar-refractivity contribution in [2.24, 2.45) is 5.92 Å². The largest absolute Gasteiger partial charge is 0.390 e. The molecule has 116 valence electrons. The van der Waals surface area contributed by atoms with Gasteiger partial charge in [-0.05, 0) is 25.5 Å². The van der Waals surface area contributed by atoms with Crippen molar-refractivity contribution in [3.05, 3.63) is 29.8 Å². The molecule has 1 aliphatic heterocycles. The molecule has 1 saturated carbocycles. The van der Waals surface area contributed by atoms with E-state index in [1.807, 2.05) is 6.92 Å². The minimum atomic E-state index is -3.67. The number of fused-ring (bicyclic) bond motifs is 2. The van der Waals surface area contributed by atoms with Crippen molar-refractivity contribution < 1.29 is 18.6 Å². The number of sulfonamides is 1. The summed E-state index contributed by atoms with van der Waals surface area (Å²) in [7, 11) is -3.67. The lowest BCUT2D eigenvalue weighted by molar-refractivity contribution is -0.0388. The van der Waals surface area contributed by atoms with E-state index in [4.69, 9.17) is 0 Å². The predicted octanol–water partition coefficient (Wildman–Crippen LogP) is 0.873. The third-order valence-electron chi connectivity index (χ3n) is 4.60. The number of hydrogen-bond acceptors (Lipinski definition) is 4. The molecule has 1 aromatic carbocycles. The first-order valence-electron chi connectivity index (χ1n) is 6.90. The Labute approximate surface area is 132 Å². The van der Waals surface area contributed by atoms with Crippen LogP contribution in [0.25, 0.3) is 0 Å². The lowest BCUT2D eigenvalue weighted by Crippen LogP contribution is -2.56. The molecule has 1 heterocycles. The van der Waals surface area contributed by atoms with Gasteiger partial charge in [-0.1, -0.05) is 33.6 Å². The minimum absolute atomic E-state index is 0.218. The van der Waals surface area contributed by atoms with Gasteiger partial charge in [-0.15, -0.1) is 0 Å². The number of piperidine rings is 1. The Morgan fingerprint density at radius 1 is 1.24 bits per heavy atom. The van der Waals surface area contributed by atoms with Gasteiger partial charge in [0.25, 0.3) is 0 Å². The summed E-state index contributed by atoms with van der Waals surface area (Å²) in [6.45, 7) is 1.90. The van der Waals surface area contributed by atoms with E-state index in [2.05, 4.69) is 15.9 Å². The molecule has 21 heavy (non-hydrogen) atoms. The molecule has 5 unspecified atom stereocenters. The number of rotatable bonds is 3. The van der Waals surface area contributed by atoms with E-state index in [0.717, 1.165) is 5.56 Å². The van der Waals surface area contributed by atoms with Crippen LogP contribution in [0.3, 0.4) is 0 Å². The molecule has 7 heteroatoms. The molecule has 0 amide bonds. The zero-order valence-corrected chi connectivity index (χ0v) is 14.0. The molecule has 2 fully saturated rings. The second-order valence-electron chi connectivity index (χ2n) is 5.82. The van der Waals surface area contributed by atoms with E-state index in [0.29, 0.717) is 11.8 Å². The topological polar surface area (TPSA) is 77.8 Å². The average Bonchev–Trinajstić information content (AvgIpc) is 2.97. The highest BCUT2D eigenvalue weighted by Gasteiger charge is 2.59. The Morgan fingerprint density at radius 3 is 2.43 bits per heavy atom. The molecule has 0 spiro atoms. The van der Waals surface area contributed by atoms with Crippen LogP contribution in [0.15, 0.2) is 29.2 Å². The van der Waals surface area contributed by atoms with E-state index in [9.17, 15) is 18.6 Å². The summed E-state index contributed by atoms with van der Waals surface area (Å²) >= 11 is 3.34. The highest BCUT2D eigenvalue weighted by atomic mass is 79.9. The maximum atomic E-state index is 12.9. The lowest BCUT2D eigenvalue weighted by Gasteiger charge is -2.38. The van der Waals surface area contributed by atoms with Crippen LogP contribution < -0.4 is 0 Å². The van der Waals surface area contributed by atoms with Crippen molar-refractivity contribution in [1.29, 1.82) is 0 Å². The van der Waals surface area contributed by atoms with Gasteiger partial charge in [0.05, 0.1) is 23.1 Å². The maximum Gasteiger partial charge on any atom is 0.243 e. The van der Waals surface area contributed by atoms with Gasteiger partial charge in [0.2, 0.25) is 10.0 Å². The van der Waals surface area contributed by atoms with Crippen molar-refractivity contribution in [3.63, 3.8) is 0 Å². The summed E-state index contributed by atoms with van der Waals surface area (Å²) < 4.78 is 27.1. The first kappa shape index (κ1) is 15.4. The van der Waals surface area contributed by atoms with Crippen LogP contribution in [-0.4, -0.2) is 52.6 Å². The third kappa shape index (κ3) is 2.26. The SMILES string of the molecule is Cc1ccc(S(=O)(=O)N2C3CC(C(O)C3O)C2CBr)cc1. The Balaban J connectivity index is 2.00. The molecule has 0 aromatic heterocycles. The van der Waals surface area contributed by atoms with Crippen molar-refractivity contribution in [2.45, 2.75) is 42.5 Å². The summed E-state index contributed by atoms with van der Waals surface area (Å²) in [4.78, 5) is 0.230. The molecule has 1 saturated heterocycles. The number of aliphatic hydroxyl groups is 2. The number of benzene rings is 1. The van der Waals surface area contributed by atoms with Crippen LogP contribution >= 0.6 is 15.9 Å². The smallest absolute Gasteiger partial charge is 0.243 e. The molecule has 2 bridgehead atoms. The zero-order valence-electron chi connectivity index (χ0n) is 11.6. The van der Waals surface area contributed by atoms with Crippen LogP contribution in [0, 0.1) is 12.8 Å². The van der Waals surface area contributed by atoms with Crippen LogP contribution in [0.5, 0.6) is 0 Å². The monoisotopic (exact) mass is 375 g/mol. The first-order chi connectivity index (χ1) is 9.87. The molecular formula is C14H18BrNO4S. The van der Waals surface area contributed by atoms with Gasteiger partial charge in [-0.2, -0.15) is 4.31 Å². The number of nitrogens with zero attached hydrogens (tertiary/aromatic N) is 1. The fourth-order valence-electron chi connectivity index (χ4n) is 3.48. The molecule has 1 aromatic rings. The van der Waals surface area contributed by atoms with Crippen LogP contribution in [-0.2, 0) is 10.0 Å². The van der Waals surface area contributed by atoms with Crippen molar-refractivity contribution in [1.82, 2.24) is 4.31 Å². The van der Waals surface area contributed by atoms with Gasteiger partial charge in [0.1, 0.15) is 0 Å². The fourth-order valence-corrected chi connectivity index (χ4v) is 6.35. The number of aryl methyl sites for hydroxylation is 1. The van der Waals surface area contributed by atoms with Crippen molar-refractivity contribution in [3.8, 4) is 0 Å². The van der Waals surface area contributed by atoms with E-state index in [-0.39, 0.29) is 16.9 Å². The first-order valence-corrected chi connectivity index (χ1v) is 9.46. The maximum absolute atomic E-state index is 12.9. The van der Waals surface area contributed by atoms with Crippen LogP contribution in [0.2, 0.25) is 0 Å². The lowest BCUT2D eigenvalue weighted by atomic mass is 9.98. The number of aliphatic hydroxyl groups excluding tert-OH is 2. The number of halogens is 1. The van der Waals surface area contributed by atoms with Gasteiger partial charge in [-0.25, -0.2) is 8.42 Å². The van der Waals surface area contributed by atoms with Crippen molar-refractivity contribution >= 4 is 26.0 Å². The summed E-state index contributed by atoms with van der Waals surface area (Å²) in [6.07, 6.45) is -1.35.